The van der Waals surface area contributed by atoms with Crippen LogP contribution >= 0.6 is 0 Å². The molecule has 0 fully saturated rings. The minimum atomic E-state index is -0.289. The molecule has 5 aromatic rings. The molecule has 4 nitrogen and oxygen atoms in total. The highest BCUT2D eigenvalue weighted by molar-refractivity contribution is 6.24. The lowest BCUT2D eigenvalue weighted by Crippen LogP contribution is -2.15. The van der Waals surface area contributed by atoms with E-state index < -0.39 is 0 Å². The van der Waals surface area contributed by atoms with Crippen LogP contribution in [0, 0.1) is 10.1 Å². The molecule has 1 aliphatic rings. The lowest BCUT2D eigenvalue weighted by Gasteiger charge is -2.33. The van der Waals surface area contributed by atoms with Crippen molar-refractivity contribution in [1.82, 2.24) is 0 Å². The van der Waals surface area contributed by atoms with Crippen LogP contribution in [-0.2, 0) is 0 Å². The Hall–Kier alpha value is -4.18. The maximum absolute atomic E-state index is 11.8. The minimum absolute atomic E-state index is 0.140. The molecule has 0 bridgehead atoms. The summed E-state index contributed by atoms with van der Waals surface area (Å²) in [5.74, 6) is 0. The fraction of sp³-hybridized carbons (Fsp3) is 0. The highest BCUT2D eigenvalue weighted by Gasteiger charge is 2.28. The smallest absolute Gasteiger partial charge is 0.277 e. The standard InChI is InChI=1S/C26H16N2O2/c29-28(30)23-15-6-8-17-16-24-26-20(12-7-13-21(26)25(17)23)19-11-4-5-14-22(19)27(24)18-9-2-1-3-10-18/h1-16H. The van der Waals surface area contributed by atoms with Crippen molar-refractivity contribution in [2.45, 2.75) is 0 Å². The van der Waals surface area contributed by atoms with Gasteiger partial charge in [-0.25, -0.2) is 0 Å². The predicted octanol–water partition coefficient (Wildman–Crippen LogP) is 7.35. The van der Waals surface area contributed by atoms with Crippen molar-refractivity contribution in [1.29, 1.82) is 0 Å². The largest absolute Gasteiger partial charge is 0.309 e. The maximum atomic E-state index is 11.8. The van der Waals surface area contributed by atoms with Crippen molar-refractivity contribution in [3.8, 4) is 11.1 Å². The molecular weight excluding hydrogens is 372 g/mol. The maximum Gasteiger partial charge on any atom is 0.277 e. The lowest BCUT2D eigenvalue weighted by atomic mass is 9.88. The van der Waals surface area contributed by atoms with Gasteiger partial charge < -0.3 is 4.90 Å². The van der Waals surface area contributed by atoms with Gasteiger partial charge in [0, 0.05) is 22.7 Å². The first-order valence-electron chi connectivity index (χ1n) is 9.81. The van der Waals surface area contributed by atoms with E-state index in [-0.39, 0.29) is 10.6 Å². The minimum Gasteiger partial charge on any atom is -0.309 e. The number of rotatable bonds is 2. The first-order chi connectivity index (χ1) is 14.7. The molecule has 0 atom stereocenters. The van der Waals surface area contributed by atoms with E-state index in [9.17, 15) is 10.1 Å². The third-order valence-corrected chi connectivity index (χ3v) is 5.84. The van der Waals surface area contributed by atoms with E-state index in [1.165, 1.54) is 0 Å². The molecule has 0 amide bonds. The third-order valence-electron chi connectivity index (χ3n) is 5.84. The number of hydrogen-bond donors (Lipinski definition) is 0. The van der Waals surface area contributed by atoms with Crippen LogP contribution in [0.25, 0.3) is 32.7 Å². The molecule has 142 valence electrons. The number of fused-ring (bicyclic) bond motifs is 4. The Morgan fingerprint density at radius 3 is 2.23 bits per heavy atom. The summed E-state index contributed by atoms with van der Waals surface area (Å²) < 4.78 is 0. The molecule has 0 saturated heterocycles. The number of nitro groups is 1. The predicted molar refractivity (Wildman–Crippen MR) is 122 cm³/mol. The average Bonchev–Trinajstić information content (AvgIpc) is 2.79. The van der Waals surface area contributed by atoms with Gasteiger partial charge in [0.25, 0.3) is 5.69 Å². The summed E-state index contributed by atoms with van der Waals surface area (Å²) in [5, 5.41) is 15.3. The Morgan fingerprint density at radius 1 is 0.667 bits per heavy atom. The molecule has 0 saturated carbocycles. The zero-order valence-corrected chi connectivity index (χ0v) is 15.9. The summed E-state index contributed by atoms with van der Waals surface area (Å²) >= 11 is 0. The highest BCUT2D eigenvalue weighted by atomic mass is 16.6. The first-order valence-corrected chi connectivity index (χ1v) is 9.81. The van der Waals surface area contributed by atoms with Crippen molar-refractivity contribution >= 4 is 44.3 Å². The van der Waals surface area contributed by atoms with E-state index in [0.717, 1.165) is 44.3 Å². The van der Waals surface area contributed by atoms with E-state index in [4.69, 9.17) is 0 Å². The molecule has 0 aromatic heterocycles. The summed E-state index contributed by atoms with van der Waals surface area (Å²) in [4.78, 5) is 13.8. The Kier molecular flexibility index (Phi) is 3.44. The summed E-state index contributed by atoms with van der Waals surface area (Å²) in [6.07, 6.45) is 0. The van der Waals surface area contributed by atoms with Crippen LogP contribution in [0.4, 0.5) is 22.7 Å². The number of nitro benzene ring substituents is 1. The van der Waals surface area contributed by atoms with E-state index >= 15 is 0 Å². The van der Waals surface area contributed by atoms with Gasteiger partial charge in [-0.05, 0) is 40.6 Å². The number of para-hydroxylation sites is 2. The molecule has 5 aromatic carbocycles. The summed E-state index contributed by atoms with van der Waals surface area (Å²) in [5.41, 5.74) is 5.57. The van der Waals surface area contributed by atoms with Gasteiger partial charge in [-0.2, -0.15) is 0 Å². The van der Waals surface area contributed by atoms with Crippen LogP contribution < -0.4 is 4.90 Å². The molecule has 6 rings (SSSR count). The van der Waals surface area contributed by atoms with Gasteiger partial charge >= 0.3 is 0 Å². The fourth-order valence-corrected chi connectivity index (χ4v) is 4.66. The van der Waals surface area contributed by atoms with Crippen LogP contribution in [0.1, 0.15) is 0 Å². The molecule has 4 heteroatoms. The second-order valence-corrected chi connectivity index (χ2v) is 7.44. The van der Waals surface area contributed by atoms with Gasteiger partial charge in [-0.15, -0.1) is 0 Å². The zero-order chi connectivity index (χ0) is 20.2. The van der Waals surface area contributed by atoms with E-state index in [1.807, 2.05) is 48.5 Å². The molecule has 1 aliphatic heterocycles. The Morgan fingerprint density at radius 2 is 1.40 bits per heavy atom. The number of hydrogen-bond acceptors (Lipinski definition) is 3. The van der Waals surface area contributed by atoms with Gasteiger partial charge in [0.05, 0.1) is 21.7 Å². The molecule has 0 unspecified atom stereocenters. The van der Waals surface area contributed by atoms with Crippen molar-refractivity contribution < 1.29 is 4.92 Å². The topological polar surface area (TPSA) is 46.4 Å². The molecule has 1 heterocycles. The molecule has 0 radical (unpaired) electrons. The van der Waals surface area contributed by atoms with Crippen molar-refractivity contribution in [2.24, 2.45) is 0 Å². The monoisotopic (exact) mass is 388 g/mol. The molecule has 0 N–H and O–H groups in total. The van der Waals surface area contributed by atoms with Crippen molar-refractivity contribution in [3.05, 3.63) is 107 Å². The van der Waals surface area contributed by atoms with Gasteiger partial charge in [0.1, 0.15) is 0 Å². The lowest BCUT2D eigenvalue weighted by molar-refractivity contribution is -0.383. The van der Waals surface area contributed by atoms with E-state index in [2.05, 4.69) is 41.3 Å². The molecule has 30 heavy (non-hydrogen) atoms. The molecule has 0 aliphatic carbocycles. The van der Waals surface area contributed by atoms with Gasteiger partial charge in [0.15, 0.2) is 0 Å². The van der Waals surface area contributed by atoms with Crippen LogP contribution in [-0.4, -0.2) is 4.92 Å². The van der Waals surface area contributed by atoms with Crippen LogP contribution in [0.5, 0.6) is 0 Å². The zero-order valence-electron chi connectivity index (χ0n) is 15.9. The normalized spacial score (nSPS) is 12.2. The Labute approximate surface area is 172 Å². The summed E-state index contributed by atoms with van der Waals surface area (Å²) in [7, 11) is 0. The van der Waals surface area contributed by atoms with Crippen molar-refractivity contribution in [2.75, 3.05) is 4.90 Å². The average molecular weight is 388 g/mol. The molecular formula is C26H16N2O2. The Balaban J connectivity index is 1.84. The number of anilines is 3. The number of nitrogens with zero attached hydrogens (tertiary/aromatic N) is 2. The summed E-state index contributed by atoms with van der Waals surface area (Å²) in [6.45, 7) is 0. The second-order valence-electron chi connectivity index (χ2n) is 7.44. The van der Waals surface area contributed by atoms with Gasteiger partial charge in [-0.1, -0.05) is 66.7 Å². The third kappa shape index (κ3) is 2.22. The van der Waals surface area contributed by atoms with E-state index in [1.54, 1.807) is 12.1 Å². The van der Waals surface area contributed by atoms with Crippen LogP contribution in [0.15, 0.2) is 97.1 Å². The van der Waals surface area contributed by atoms with Crippen LogP contribution in [0.3, 0.4) is 0 Å². The number of non-ortho nitro benzene ring substituents is 1. The molecule has 0 spiro atoms. The quantitative estimate of drug-likeness (QED) is 0.177. The highest BCUT2D eigenvalue weighted by Crippen LogP contribution is 2.52. The first kappa shape index (κ1) is 16.7. The van der Waals surface area contributed by atoms with E-state index in [0.29, 0.717) is 5.39 Å². The van der Waals surface area contributed by atoms with Crippen LogP contribution in [0.2, 0.25) is 0 Å². The Bertz CT molecular complexity index is 1480. The fourth-order valence-electron chi connectivity index (χ4n) is 4.66. The number of benzene rings is 5. The van der Waals surface area contributed by atoms with Crippen molar-refractivity contribution in [3.63, 3.8) is 0 Å². The van der Waals surface area contributed by atoms with Gasteiger partial charge in [-0.3, -0.25) is 10.1 Å². The van der Waals surface area contributed by atoms with Gasteiger partial charge in [0.2, 0.25) is 0 Å². The summed E-state index contributed by atoms with van der Waals surface area (Å²) in [6, 6.07) is 32.0. The second kappa shape index (κ2) is 6.16. The SMILES string of the molecule is O=[N+]([O-])c1cccc2cc3c4c(cccc4c12)-c1ccccc1N3c1ccccc1.